The minimum absolute atomic E-state index is 0.125. The van der Waals surface area contributed by atoms with E-state index in [1.165, 1.54) is 19.1 Å². The van der Waals surface area contributed by atoms with Gasteiger partial charge in [0.1, 0.15) is 6.07 Å². The van der Waals surface area contributed by atoms with E-state index in [1.807, 2.05) is 12.1 Å². The molecule has 2 amide bonds. The summed E-state index contributed by atoms with van der Waals surface area (Å²) in [5.41, 5.74) is 0.386. The van der Waals surface area contributed by atoms with Gasteiger partial charge in [-0.3, -0.25) is 14.5 Å². The molecule has 0 saturated carbocycles. The molecule has 186 valence electrons. The number of carbonyl (C=O) groups is 2. The number of aliphatic imine (C=N–C) groups is 1. The Bertz CT molecular complexity index is 1580. The van der Waals surface area contributed by atoms with Crippen molar-refractivity contribution in [2.75, 3.05) is 19.1 Å². The van der Waals surface area contributed by atoms with Crippen molar-refractivity contribution in [3.63, 3.8) is 0 Å². The molecule has 0 bridgehead atoms. The van der Waals surface area contributed by atoms with Gasteiger partial charge in [-0.2, -0.15) is 5.26 Å². The average molecular weight is 502 g/mol. The van der Waals surface area contributed by atoms with Crippen molar-refractivity contribution in [2.45, 2.75) is 5.54 Å². The first kappa shape index (κ1) is 24.5. The summed E-state index contributed by atoms with van der Waals surface area (Å²) in [5.74, 6) is -0.222. The van der Waals surface area contributed by atoms with Crippen LogP contribution in [-0.2, 0) is 5.54 Å². The minimum Gasteiger partial charge on any atom is -0.493 e. The van der Waals surface area contributed by atoms with Crippen LogP contribution in [0.15, 0.2) is 108 Å². The van der Waals surface area contributed by atoms with Crippen molar-refractivity contribution in [2.24, 2.45) is 4.99 Å². The van der Waals surface area contributed by atoms with Crippen molar-refractivity contribution in [3.05, 3.63) is 125 Å². The summed E-state index contributed by atoms with van der Waals surface area (Å²) in [5, 5.41) is 10.9. The van der Waals surface area contributed by atoms with Crippen LogP contribution in [0, 0.1) is 11.3 Å². The molecule has 1 aliphatic heterocycles. The summed E-state index contributed by atoms with van der Waals surface area (Å²) >= 11 is 0. The highest BCUT2D eigenvalue weighted by Crippen LogP contribution is 2.49. The lowest BCUT2D eigenvalue weighted by atomic mass is 9.84. The topological polar surface area (TPSA) is 92.0 Å². The van der Waals surface area contributed by atoms with Crippen LogP contribution >= 0.6 is 0 Å². The van der Waals surface area contributed by atoms with Crippen LogP contribution in [0.1, 0.15) is 31.8 Å². The van der Waals surface area contributed by atoms with Gasteiger partial charge in [-0.25, -0.2) is 4.99 Å². The molecule has 4 aromatic carbocycles. The molecular weight excluding hydrogens is 478 g/mol. The third-order valence-corrected chi connectivity index (χ3v) is 6.49. The Morgan fingerprint density at radius 2 is 1.32 bits per heavy atom. The molecular formula is C31H23N3O4. The lowest BCUT2D eigenvalue weighted by Gasteiger charge is -2.33. The van der Waals surface area contributed by atoms with Gasteiger partial charge in [0.15, 0.2) is 11.5 Å². The predicted molar refractivity (Wildman–Crippen MR) is 144 cm³/mol. The van der Waals surface area contributed by atoms with Crippen molar-refractivity contribution in [3.8, 4) is 17.6 Å². The first-order valence-corrected chi connectivity index (χ1v) is 11.9. The minimum atomic E-state index is -1.75. The van der Waals surface area contributed by atoms with Crippen LogP contribution in [0.2, 0.25) is 0 Å². The molecule has 5 rings (SSSR count). The van der Waals surface area contributed by atoms with E-state index >= 15 is 0 Å². The third-order valence-electron chi connectivity index (χ3n) is 6.49. The molecule has 1 aliphatic rings. The predicted octanol–water partition coefficient (Wildman–Crippen LogP) is 5.41. The van der Waals surface area contributed by atoms with Crippen LogP contribution in [0.5, 0.6) is 11.5 Å². The Morgan fingerprint density at radius 3 is 1.87 bits per heavy atom. The van der Waals surface area contributed by atoms with Gasteiger partial charge in [0, 0.05) is 22.8 Å². The molecule has 0 N–H and O–H groups in total. The summed E-state index contributed by atoms with van der Waals surface area (Å²) in [7, 11) is 2.98. The van der Waals surface area contributed by atoms with E-state index in [-0.39, 0.29) is 5.71 Å². The summed E-state index contributed by atoms with van der Waals surface area (Å²) in [6.07, 6.45) is 0. The second-order valence-corrected chi connectivity index (χ2v) is 8.55. The van der Waals surface area contributed by atoms with E-state index in [4.69, 9.17) is 9.47 Å². The number of hydrogen-bond acceptors (Lipinski definition) is 5. The fraction of sp³-hybridized carbons (Fsp3) is 0.0968. The van der Waals surface area contributed by atoms with E-state index in [9.17, 15) is 14.9 Å². The van der Waals surface area contributed by atoms with Crippen LogP contribution in [0.4, 0.5) is 5.69 Å². The molecule has 1 heterocycles. The molecule has 0 aromatic heterocycles. The van der Waals surface area contributed by atoms with Crippen LogP contribution in [0.25, 0.3) is 0 Å². The maximum absolute atomic E-state index is 14.2. The van der Waals surface area contributed by atoms with Gasteiger partial charge in [-0.05, 0) is 35.9 Å². The fourth-order valence-electron chi connectivity index (χ4n) is 4.70. The molecule has 7 heteroatoms. The molecule has 7 nitrogen and oxygen atoms in total. The molecule has 1 unspecified atom stereocenters. The van der Waals surface area contributed by atoms with E-state index in [0.717, 1.165) is 0 Å². The molecule has 1 atom stereocenters. The Morgan fingerprint density at radius 1 is 0.789 bits per heavy atom. The second-order valence-electron chi connectivity index (χ2n) is 8.55. The molecule has 0 fully saturated rings. The summed E-state index contributed by atoms with van der Waals surface area (Å²) < 4.78 is 11.1. The number of rotatable bonds is 5. The monoisotopic (exact) mass is 501 g/mol. The number of nitrogens with zero attached hydrogens (tertiary/aromatic N) is 3. The Kier molecular flexibility index (Phi) is 6.46. The van der Waals surface area contributed by atoms with Crippen molar-refractivity contribution < 1.29 is 19.1 Å². The lowest BCUT2D eigenvalue weighted by molar-refractivity contribution is 0.0971. The van der Waals surface area contributed by atoms with E-state index < -0.39 is 17.4 Å². The number of carbonyl (C=O) groups excluding carboxylic acids is 2. The molecule has 4 aromatic rings. The number of fused-ring (bicyclic) bond motifs is 1. The van der Waals surface area contributed by atoms with Gasteiger partial charge in [0.05, 0.1) is 25.6 Å². The number of methoxy groups -OCH3 is 2. The van der Waals surface area contributed by atoms with Crippen LogP contribution in [0.3, 0.4) is 0 Å². The first-order valence-electron chi connectivity index (χ1n) is 11.9. The van der Waals surface area contributed by atoms with Crippen LogP contribution < -0.4 is 14.4 Å². The molecule has 0 spiro atoms. The van der Waals surface area contributed by atoms with Gasteiger partial charge < -0.3 is 9.47 Å². The van der Waals surface area contributed by atoms with Gasteiger partial charge in [-0.15, -0.1) is 0 Å². The largest absolute Gasteiger partial charge is 0.493 e. The Labute approximate surface area is 220 Å². The number of amides is 2. The number of anilines is 1. The standard InChI is InChI=1S/C31H23N3O4/c1-37-26-18-24-25(19-27(26)38-2)34(30(36)22-14-8-4-9-15-22)31(20-32,23-16-10-5-11-17-23)28(24)33-29(35)21-12-6-3-7-13-21/h3-19H,1-2H3. The maximum Gasteiger partial charge on any atom is 0.277 e. The van der Waals surface area contributed by atoms with Crippen molar-refractivity contribution in [1.29, 1.82) is 5.26 Å². The van der Waals surface area contributed by atoms with Crippen molar-refractivity contribution >= 4 is 23.2 Å². The normalized spacial score (nSPS) is 17.0. The van der Waals surface area contributed by atoms with E-state index in [2.05, 4.69) is 11.1 Å². The summed E-state index contributed by atoms with van der Waals surface area (Å²) in [6.45, 7) is 0. The smallest absolute Gasteiger partial charge is 0.277 e. The summed E-state index contributed by atoms with van der Waals surface area (Å²) in [4.78, 5) is 33.5. The second kappa shape index (κ2) is 10.0. The Balaban J connectivity index is 1.87. The van der Waals surface area contributed by atoms with Gasteiger partial charge in [0.25, 0.3) is 11.8 Å². The molecule has 0 aliphatic carbocycles. The first-order chi connectivity index (χ1) is 18.5. The zero-order valence-corrected chi connectivity index (χ0v) is 20.8. The Hall–Kier alpha value is -5.22. The van der Waals surface area contributed by atoms with Gasteiger partial charge >= 0.3 is 0 Å². The van der Waals surface area contributed by atoms with Crippen molar-refractivity contribution in [1.82, 2.24) is 0 Å². The highest BCUT2D eigenvalue weighted by Gasteiger charge is 2.55. The SMILES string of the molecule is COc1cc2c(cc1OC)N(C(=O)c1ccccc1)C(C#N)(c1ccccc1)C2=NC(=O)c1ccccc1. The average Bonchev–Trinajstić information content (AvgIpc) is 3.26. The van der Waals surface area contributed by atoms with Crippen LogP contribution in [-0.4, -0.2) is 31.7 Å². The number of hydrogen-bond donors (Lipinski definition) is 0. The highest BCUT2D eigenvalue weighted by molar-refractivity contribution is 6.29. The molecule has 0 radical (unpaired) electrons. The molecule has 38 heavy (non-hydrogen) atoms. The number of nitriles is 1. The number of ether oxygens (including phenoxy) is 2. The highest BCUT2D eigenvalue weighted by atomic mass is 16.5. The summed E-state index contributed by atoms with van der Waals surface area (Å²) in [6, 6.07) is 31.8. The fourth-order valence-corrected chi connectivity index (χ4v) is 4.70. The van der Waals surface area contributed by atoms with E-state index in [1.54, 1.807) is 91.0 Å². The third kappa shape index (κ3) is 3.89. The lowest BCUT2D eigenvalue weighted by Crippen LogP contribution is -2.50. The zero-order chi connectivity index (χ0) is 26.7. The van der Waals surface area contributed by atoms with E-state index in [0.29, 0.717) is 39.4 Å². The van der Waals surface area contributed by atoms with Gasteiger partial charge in [-0.1, -0.05) is 66.7 Å². The van der Waals surface area contributed by atoms with Gasteiger partial charge in [0.2, 0.25) is 5.54 Å². The maximum atomic E-state index is 14.2. The molecule has 0 saturated heterocycles. The number of benzene rings is 4. The zero-order valence-electron chi connectivity index (χ0n) is 20.8. The quantitative estimate of drug-likeness (QED) is 0.365.